The molecule has 2 heteroatoms. The minimum Gasteiger partial charge on any atom is -0.455 e. The Morgan fingerprint density at radius 2 is 0.854 bits per heavy atom. The molecule has 0 amide bonds. The lowest BCUT2D eigenvalue weighted by molar-refractivity contribution is 0.674. The van der Waals surface area contributed by atoms with Crippen molar-refractivity contribution in [3.63, 3.8) is 0 Å². The first-order valence-corrected chi connectivity index (χ1v) is 14.5. The summed E-state index contributed by atoms with van der Waals surface area (Å²) in [5.74, 6) is 0. The van der Waals surface area contributed by atoms with Gasteiger partial charge in [-0.15, -0.1) is 0 Å². The lowest BCUT2D eigenvalue weighted by Gasteiger charge is -2.26. The van der Waals surface area contributed by atoms with Crippen molar-refractivity contribution in [2.45, 2.75) is 0 Å². The number of nitrogens with zero attached hydrogens (tertiary/aromatic N) is 1. The summed E-state index contributed by atoms with van der Waals surface area (Å²) in [6.45, 7) is 0. The maximum Gasteiger partial charge on any atom is 0.143 e. The number of para-hydroxylation sites is 2. The van der Waals surface area contributed by atoms with Crippen LogP contribution in [0.1, 0.15) is 31.5 Å². The van der Waals surface area contributed by atoms with Crippen molar-refractivity contribution in [1.82, 2.24) is 0 Å². The maximum atomic E-state index is 9.51. The fraction of sp³-hybridized carbons (Fsp3) is 0. The van der Waals surface area contributed by atoms with E-state index in [4.69, 9.17) is 27.7 Å². The van der Waals surface area contributed by atoms with E-state index in [0.29, 0.717) is 26.4 Å². The molecule has 0 atom stereocenters. The van der Waals surface area contributed by atoms with E-state index >= 15 is 0 Å². The van der Waals surface area contributed by atoms with Gasteiger partial charge in [0.2, 0.25) is 0 Å². The van der Waals surface area contributed by atoms with Crippen LogP contribution in [0, 0.1) is 0 Å². The van der Waals surface area contributed by atoms with Crippen molar-refractivity contribution in [2.24, 2.45) is 0 Å². The molecule has 0 bridgehead atoms. The lowest BCUT2D eigenvalue weighted by atomic mass is 9.95. The summed E-state index contributed by atoms with van der Waals surface area (Å²) < 4.78 is 208. The molecule has 0 saturated carbocycles. The highest BCUT2D eigenvalue weighted by Crippen LogP contribution is 2.43. The van der Waals surface area contributed by atoms with E-state index in [-0.39, 0.29) is 33.4 Å². The number of rotatable bonds is 6. The molecule has 2 nitrogen and oxygen atoms in total. The summed E-state index contributed by atoms with van der Waals surface area (Å²) >= 11 is 0. The van der Waals surface area contributed by atoms with E-state index in [9.17, 15) is 8.22 Å². The third kappa shape index (κ3) is 4.83. The summed E-state index contributed by atoms with van der Waals surface area (Å²) in [5.41, 5.74) is -4.09. The zero-order chi connectivity index (χ0) is 51.9. The Labute approximate surface area is 312 Å². The van der Waals surface area contributed by atoms with Crippen LogP contribution in [-0.2, 0) is 0 Å². The van der Waals surface area contributed by atoms with Gasteiger partial charge in [-0.1, -0.05) is 145 Å². The molecule has 9 rings (SSSR count). The SMILES string of the molecule is [2H]c1c([2H])c([2H])c(-c2c([2H])c([2H])c(N(c3c([2H])c([2H])c([2H])c([2H])c3[2H])c3c([2H])c([2H])c(-c4cccc5c4oc4c6ccccc6c(-c6c([2H])c([2H])c([2H])c([2H])c6[2H])cc54)c([2H])c3[2H])c([2H])c2[2H])c([2H])c1[2H]. The first-order chi connectivity index (χ1) is 33.4. The maximum absolute atomic E-state index is 9.51. The Hall–Kier alpha value is -6.38. The predicted molar refractivity (Wildman–Crippen MR) is 202 cm³/mol. The average Bonchev–Trinajstić information content (AvgIpc) is 3.74. The molecule has 1 aromatic heterocycles. The standard InChI is InChI=1S/C46H31NO/c1-4-13-32(14-5-1)33-23-27-37(28-24-33)47(36-17-8-3-9-18-36)38-29-25-35(26-30-38)39-21-12-22-42-44-31-43(34-15-6-2-7-16-34)40-19-10-11-20-41(40)46(44)48-45(39)42/h1-31H/i1D,2D,3D,4D,5D,6D,7D,8D,9D,13D,14D,15D,16D,17D,18D,23D,24D,25D,26D,27D,28D,29D,30D. The minimum absolute atomic E-state index is 0.00253. The van der Waals surface area contributed by atoms with E-state index in [1.807, 2.05) is 0 Å². The fourth-order valence-electron chi connectivity index (χ4n) is 5.57. The smallest absolute Gasteiger partial charge is 0.143 e. The third-order valence-electron chi connectivity index (χ3n) is 7.67. The van der Waals surface area contributed by atoms with Crippen molar-refractivity contribution in [3.8, 4) is 33.4 Å². The molecule has 9 aromatic rings. The van der Waals surface area contributed by atoms with Crippen LogP contribution in [0.15, 0.2) is 192 Å². The van der Waals surface area contributed by atoms with Gasteiger partial charge in [0.1, 0.15) is 11.2 Å². The molecule has 0 radical (unpaired) electrons. The van der Waals surface area contributed by atoms with Gasteiger partial charge in [-0.3, -0.25) is 0 Å². The van der Waals surface area contributed by atoms with Crippen LogP contribution in [0.25, 0.3) is 66.1 Å². The van der Waals surface area contributed by atoms with Gasteiger partial charge in [0, 0.05) is 38.8 Å². The summed E-state index contributed by atoms with van der Waals surface area (Å²) in [6.07, 6.45) is 0. The van der Waals surface area contributed by atoms with Crippen molar-refractivity contribution >= 4 is 49.8 Å². The average molecular weight is 637 g/mol. The number of furan rings is 1. The molecule has 0 saturated heterocycles. The molecule has 0 fully saturated rings. The molecule has 48 heavy (non-hydrogen) atoms. The Kier molecular flexibility index (Phi) is 3.19. The van der Waals surface area contributed by atoms with E-state index in [2.05, 4.69) is 0 Å². The van der Waals surface area contributed by atoms with E-state index in [0.717, 1.165) is 0 Å². The molecule has 0 aliphatic carbocycles. The van der Waals surface area contributed by atoms with E-state index in [1.54, 1.807) is 36.4 Å². The summed E-state index contributed by atoms with van der Waals surface area (Å²) in [4.78, 5) is 0.506. The number of hydrogen-bond acceptors (Lipinski definition) is 2. The molecule has 0 unspecified atom stereocenters. The largest absolute Gasteiger partial charge is 0.455 e. The molecular formula is C46H31NO. The van der Waals surface area contributed by atoms with Gasteiger partial charge < -0.3 is 9.32 Å². The zero-order valence-corrected chi connectivity index (χ0v) is 24.5. The summed E-state index contributed by atoms with van der Waals surface area (Å²) in [6, 6.07) is -6.41. The zero-order valence-electron chi connectivity index (χ0n) is 47.5. The van der Waals surface area contributed by atoms with Crippen LogP contribution in [0.5, 0.6) is 0 Å². The van der Waals surface area contributed by atoms with Gasteiger partial charge in [0.25, 0.3) is 0 Å². The molecule has 8 aromatic carbocycles. The predicted octanol–water partition coefficient (Wildman–Crippen LogP) is 13.2. The third-order valence-corrected chi connectivity index (χ3v) is 7.67. The van der Waals surface area contributed by atoms with Crippen LogP contribution in [0.2, 0.25) is 0 Å². The number of anilines is 3. The van der Waals surface area contributed by atoms with Crippen LogP contribution >= 0.6 is 0 Å². The summed E-state index contributed by atoms with van der Waals surface area (Å²) in [7, 11) is 0. The molecule has 0 N–H and O–H groups in total. The Morgan fingerprint density at radius 3 is 1.52 bits per heavy atom. The van der Waals surface area contributed by atoms with Gasteiger partial charge in [0.15, 0.2) is 0 Å². The van der Waals surface area contributed by atoms with E-state index < -0.39 is 167 Å². The molecule has 0 aliphatic heterocycles. The monoisotopic (exact) mass is 636 g/mol. The Balaban J connectivity index is 1.35. The Morgan fingerprint density at radius 1 is 0.375 bits per heavy atom. The summed E-state index contributed by atoms with van der Waals surface area (Å²) in [5, 5.41) is 1.64. The molecule has 1 heterocycles. The van der Waals surface area contributed by atoms with Crippen LogP contribution in [0.4, 0.5) is 17.1 Å². The van der Waals surface area contributed by atoms with Gasteiger partial charge >= 0.3 is 0 Å². The first kappa shape index (κ1) is 13.0. The van der Waals surface area contributed by atoms with E-state index in [1.165, 1.54) is 12.1 Å². The second-order valence-electron chi connectivity index (χ2n) is 10.4. The van der Waals surface area contributed by atoms with Crippen LogP contribution in [-0.4, -0.2) is 0 Å². The van der Waals surface area contributed by atoms with Crippen molar-refractivity contribution in [1.29, 1.82) is 0 Å². The number of hydrogen-bond donors (Lipinski definition) is 0. The van der Waals surface area contributed by atoms with Gasteiger partial charge in [-0.2, -0.15) is 0 Å². The second-order valence-corrected chi connectivity index (χ2v) is 10.4. The highest BCUT2D eigenvalue weighted by Gasteiger charge is 2.18. The topological polar surface area (TPSA) is 16.4 Å². The lowest BCUT2D eigenvalue weighted by Crippen LogP contribution is -2.09. The Bertz CT molecular complexity index is 3740. The first-order valence-electron chi connectivity index (χ1n) is 26.0. The van der Waals surface area contributed by atoms with Crippen LogP contribution < -0.4 is 4.90 Å². The highest BCUT2D eigenvalue weighted by molar-refractivity contribution is 6.20. The van der Waals surface area contributed by atoms with Crippen molar-refractivity contribution in [2.75, 3.05) is 4.90 Å². The molecular weight excluding hydrogens is 583 g/mol. The fourth-order valence-corrected chi connectivity index (χ4v) is 5.57. The van der Waals surface area contributed by atoms with Gasteiger partial charge in [-0.25, -0.2) is 0 Å². The quantitative estimate of drug-likeness (QED) is 0.181. The molecule has 0 aliphatic rings. The molecule has 226 valence electrons. The number of fused-ring (bicyclic) bond motifs is 5. The van der Waals surface area contributed by atoms with Gasteiger partial charge in [0.05, 0.1) is 31.5 Å². The van der Waals surface area contributed by atoms with Gasteiger partial charge in [-0.05, 0) is 75.5 Å². The highest BCUT2D eigenvalue weighted by atomic mass is 16.3. The second kappa shape index (κ2) is 11.8. The molecule has 0 spiro atoms. The minimum atomic E-state index is -1.08. The normalized spacial score (nSPS) is 18.0. The number of benzene rings is 8. The van der Waals surface area contributed by atoms with Crippen molar-refractivity contribution < 1.29 is 35.9 Å². The van der Waals surface area contributed by atoms with Crippen LogP contribution in [0.3, 0.4) is 0 Å². The van der Waals surface area contributed by atoms with Crippen molar-refractivity contribution in [3.05, 3.63) is 188 Å².